The summed E-state index contributed by atoms with van der Waals surface area (Å²) in [6.45, 7) is 7.95. The molecular weight excluding hydrogens is 160 g/mol. The second kappa shape index (κ2) is 4.97. The largest absolute Gasteiger partial charge is 0.312 e. The van der Waals surface area contributed by atoms with Crippen molar-refractivity contribution in [3.8, 4) is 0 Å². The highest BCUT2D eigenvalue weighted by Crippen LogP contribution is 2.25. The van der Waals surface area contributed by atoms with Gasteiger partial charge in [-0.2, -0.15) is 0 Å². The van der Waals surface area contributed by atoms with E-state index in [2.05, 4.69) is 38.0 Å². The molecule has 0 radical (unpaired) electrons. The van der Waals surface area contributed by atoms with Crippen molar-refractivity contribution >= 4 is 0 Å². The minimum atomic E-state index is 0.641. The molecular formula is C11H24N2. The van der Waals surface area contributed by atoms with Gasteiger partial charge in [0.1, 0.15) is 0 Å². The van der Waals surface area contributed by atoms with Crippen LogP contribution < -0.4 is 5.32 Å². The first kappa shape index (κ1) is 11.0. The highest BCUT2D eigenvalue weighted by molar-refractivity contribution is 4.91. The highest BCUT2D eigenvalue weighted by Gasteiger charge is 2.31. The molecule has 0 bridgehead atoms. The van der Waals surface area contributed by atoms with E-state index in [0.717, 1.165) is 12.1 Å². The van der Waals surface area contributed by atoms with Crippen LogP contribution in [0.15, 0.2) is 0 Å². The van der Waals surface area contributed by atoms with Crippen LogP contribution in [0.25, 0.3) is 0 Å². The first-order valence-electron chi connectivity index (χ1n) is 5.59. The first-order valence-corrected chi connectivity index (χ1v) is 5.59. The van der Waals surface area contributed by atoms with Gasteiger partial charge in [-0.05, 0) is 32.9 Å². The summed E-state index contributed by atoms with van der Waals surface area (Å²) in [7, 11) is 2.25. The van der Waals surface area contributed by atoms with Gasteiger partial charge in [-0.25, -0.2) is 0 Å². The molecule has 1 aliphatic carbocycles. The van der Waals surface area contributed by atoms with Gasteiger partial charge in [0.25, 0.3) is 0 Å². The Morgan fingerprint density at radius 1 is 1.38 bits per heavy atom. The summed E-state index contributed by atoms with van der Waals surface area (Å²) in [5.74, 6) is 0. The van der Waals surface area contributed by atoms with Gasteiger partial charge in [0, 0.05) is 18.1 Å². The van der Waals surface area contributed by atoms with Gasteiger partial charge in [0.2, 0.25) is 0 Å². The molecule has 1 aliphatic rings. The fraction of sp³-hybridized carbons (Fsp3) is 1.00. The van der Waals surface area contributed by atoms with Crippen LogP contribution in [0.3, 0.4) is 0 Å². The van der Waals surface area contributed by atoms with Crippen molar-refractivity contribution in [1.29, 1.82) is 0 Å². The topological polar surface area (TPSA) is 15.3 Å². The van der Waals surface area contributed by atoms with Crippen molar-refractivity contribution < 1.29 is 0 Å². The van der Waals surface area contributed by atoms with E-state index < -0.39 is 0 Å². The SMILES string of the molecule is CCCN(C)[C@H]1C[C@H](NC(C)C)C1. The van der Waals surface area contributed by atoms with Crippen LogP contribution in [0, 0.1) is 0 Å². The van der Waals surface area contributed by atoms with E-state index in [1.807, 2.05) is 0 Å². The molecule has 0 aromatic heterocycles. The standard InChI is InChI=1S/C11H24N2/c1-5-6-13(4)11-7-10(8-11)12-9(2)3/h9-12H,5-8H2,1-4H3/t10-,11-. The summed E-state index contributed by atoms with van der Waals surface area (Å²) >= 11 is 0. The van der Waals surface area contributed by atoms with E-state index in [0.29, 0.717) is 6.04 Å². The van der Waals surface area contributed by atoms with Crippen LogP contribution in [0.5, 0.6) is 0 Å². The van der Waals surface area contributed by atoms with E-state index in [4.69, 9.17) is 0 Å². The van der Waals surface area contributed by atoms with Crippen LogP contribution >= 0.6 is 0 Å². The zero-order valence-corrected chi connectivity index (χ0v) is 9.51. The van der Waals surface area contributed by atoms with E-state index in [9.17, 15) is 0 Å². The molecule has 0 atom stereocenters. The Hall–Kier alpha value is -0.0800. The number of rotatable bonds is 5. The molecule has 0 saturated heterocycles. The molecule has 1 rings (SSSR count). The minimum absolute atomic E-state index is 0.641. The van der Waals surface area contributed by atoms with Crippen molar-refractivity contribution in [2.24, 2.45) is 0 Å². The Labute approximate surface area is 82.7 Å². The molecule has 0 aromatic rings. The molecule has 2 heteroatoms. The van der Waals surface area contributed by atoms with Gasteiger partial charge in [-0.3, -0.25) is 0 Å². The lowest BCUT2D eigenvalue weighted by molar-refractivity contribution is 0.117. The number of hydrogen-bond donors (Lipinski definition) is 1. The Bertz CT molecular complexity index is 139. The normalized spacial score (nSPS) is 28.2. The third-order valence-corrected chi connectivity index (χ3v) is 2.88. The quantitative estimate of drug-likeness (QED) is 0.701. The molecule has 1 saturated carbocycles. The van der Waals surface area contributed by atoms with Crippen LogP contribution in [0.4, 0.5) is 0 Å². The summed E-state index contributed by atoms with van der Waals surface area (Å²) in [5.41, 5.74) is 0. The van der Waals surface area contributed by atoms with Crippen molar-refractivity contribution in [2.45, 2.75) is 58.2 Å². The molecule has 78 valence electrons. The van der Waals surface area contributed by atoms with Crippen molar-refractivity contribution in [3.63, 3.8) is 0 Å². The average molecular weight is 184 g/mol. The smallest absolute Gasteiger partial charge is 0.0122 e. The molecule has 13 heavy (non-hydrogen) atoms. The molecule has 0 aromatic carbocycles. The zero-order valence-electron chi connectivity index (χ0n) is 9.51. The summed E-state index contributed by atoms with van der Waals surface area (Å²) in [6, 6.07) is 2.27. The Morgan fingerprint density at radius 2 is 2.00 bits per heavy atom. The molecule has 0 aliphatic heterocycles. The molecule has 0 heterocycles. The third-order valence-electron chi connectivity index (χ3n) is 2.88. The Morgan fingerprint density at radius 3 is 2.46 bits per heavy atom. The average Bonchev–Trinajstić information content (AvgIpc) is 1.95. The van der Waals surface area contributed by atoms with Crippen LogP contribution in [-0.4, -0.2) is 36.6 Å². The molecule has 1 N–H and O–H groups in total. The van der Waals surface area contributed by atoms with Gasteiger partial charge in [0.15, 0.2) is 0 Å². The van der Waals surface area contributed by atoms with Gasteiger partial charge in [0.05, 0.1) is 0 Å². The second-order valence-electron chi connectivity index (χ2n) is 4.62. The fourth-order valence-corrected chi connectivity index (χ4v) is 2.09. The fourth-order valence-electron chi connectivity index (χ4n) is 2.09. The number of nitrogens with zero attached hydrogens (tertiary/aromatic N) is 1. The monoisotopic (exact) mass is 184 g/mol. The number of hydrogen-bond acceptors (Lipinski definition) is 2. The summed E-state index contributed by atoms with van der Waals surface area (Å²) < 4.78 is 0. The Kier molecular flexibility index (Phi) is 4.20. The number of nitrogens with one attached hydrogen (secondary N) is 1. The van der Waals surface area contributed by atoms with E-state index in [1.54, 1.807) is 0 Å². The van der Waals surface area contributed by atoms with Crippen LogP contribution in [0.1, 0.15) is 40.0 Å². The lowest BCUT2D eigenvalue weighted by Gasteiger charge is -2.42. The maximum Gasteiger partial charge on any atom is 0.0122 e. The Balaban J connectivity index is 2.10. The van der Waals surface area contributed by atoms with Crippen LogP contribution in [0.2, 0.25) is 0 Å². The van der Waals surface area contributed by atoms with E-state index in [1.165, 1.54) is 25.8 Å². The predicted octanol–water partition coefficient (Wildman–Crippen LogP) is 1.86. The third kappa shape index (κ3) is 3.28. The molecule has 0 spiro atoms. The second-order valence-corrected chi connectivity index (χ2v) is 4.62. The molecule has 1 fully saturated rings. The van der Waals surface area contributed by atoms with Gasteiger partial charge in [-0.15, -0.1) is 0 Å². The lowest BCUT2D eigenvalue weighted by Crippen LogP contribution is -2.53. The van der Waals surface area contributed by atoms with Crippen molar-refractivity contribution in [1.82, 2.24) is 10.2 Å². The summed E-state index contributed by atoms with van der Waals surface area (Å²) in [5, 5.41) is 3.58. The van der Waals surface area contributed by atoms with Gasteiger partial charge < -0.3 is 10.2 Å². The van der Waals surface area contributed by atoms with Crippen LogP contribution in [-0.2, 0) is 0 Å². The summed E-state index contributed by atoms with van der Waals surface area (Å²) in [6.07, 6.45) is 3.96. The summed E-state index contributed by atoms with van der Waals surface area (Å²) in [4.78, 5) is 2.50. The van der Waals surface area contributed by atoms with E-state index >= 15 is 0 Å². The zero-order chi connectivity index (χ0) is 9.84. The van der Waals surface area contributed by atoms with E-state index in [-0.39, 0.29) is 0 Å². The molecule has 0 amide bonds. The molecule has 0 unspecified atom stereocenters. The van der Waals surface area contributed by atoms with Crippen molar-refractivity contribution in [3.05, 3.63) is 0 Å². The predicted molar refractivity (Wildman–Crippen MR) is 58.0 cm³/mol. The maximum atomic E-state index is 3.58. The van der Waals surface area contributed by atoms with Gasteiger partial charge in [-0.1, -0.05) is 20.8 Å². The first-order chi connectivity index (χ1) is 6.13. The molecule has 2 nitrogen and oxygen atoms in total. The maximum absolute atomic E-state index is 3.58. The highest BCUT2D eigenvalue weighted by atomic mass is 15.2. The van der Waals surface area contributed by atoms with Gasteiger partial charge >= 0.3 is 0 Å². The van der Waals surface area contributed by atoms with Crippen molar-refractivity contribution in [2.75, 3.05) is 13.6 Å². The minimum Gasteiger partial charge on any atom is -0.312 e. The lowest BCUT2D eigenvalue weighted by atomic mass is 9.85.